The summed E-state index contributed by atoms with van der Waals surface area (Å²) in [4.78, 5) is 39.4. The number of carbonyl (C=O) groups is 3. The van der Waals surface area contributed by atoms with Gasteiger partial charge in [0.15, 0.2) is 0 Å². The van der Waals surface area contributed by atoms with Gasteiger partial charge in [-0.3, -0.25) is 14.4 Å². The number of carbonyl (C=O) groups excluding carboxylic acids is 3. The first-order chi connectivity index (χ1) is 17.2. The number of ether oxygens (including phenoxy) is 1. The second-order valence-corrected chi connectivity index (χ2v) is 9.66. The summed E-state index contributed by atoms with van der Waals surface area (Å²) in [6, 6.07) is 15.0. The van der Waals surface area contributed by atoms with Crippen molar-refractivity contribution in [1.29, 1.82) is 0 Å². The Morgan fingerprint density at radius 2 is 1.69 bits per heavy atom. The zero-order valence-electron chi connectivity index (χ0n) is 21.2. The molecule has 3 N–H and O–H groups in total. The van der Waals surface area contributed by atoms with Crippen LogP contribution in [0.25, 0.3) is 12.2 Å². The van der Waals surface area contributed by atoms with E-state index in [0.29, 0.717) is 12.2 Å². The molecule has 2 aromatic carbocycles. The lowest BCUT2D eigenvalue weighted by molar-refractivity contribution is -0.133. The van der Waals surface area contributed by atoms with Crippen molar-refractivity contribution in [3.63, 3.8) is 0 Å². The van der Waals surface area contributed by atoms with Gasteiger partial charge in [0.05, 0.1) is 0 Å². The summed E-state index contributed by atoms with van der Waals surface area (Å²) in [6.45, 7) is 7.82. The maximum atomic E-state index is 13.6. The third kappa shape index (κ3) is 7.83. The van der Waals surface area contributed by atoms with Crippen molar-refractivity contribution in [3.8, 4) is 5.75 Å². The van der Waals surface area contributed by atoms with E-state index in [-0.39, 0.29) is 17.7 Å². The molecule has 0 aromatic heterocycles. The Bertz CT molecular complexity index is 1090. The number of hydrogen-bond donors (Lipinski definition) is 3. The van der Waals surface area contributed by atoms with E-state index in [2.05, 4.69) is 16.0 Å². The van der Waals surface area contributed by atoms with Crippen LogP contribution in [0.15, 0.2) is 66.9 Å². The number of amides is 3. The quantitative estimate of drug-likeness (QED) is 0.536. The molecule has 7 heteroatoms. The first-order valence-corrected chi connectivity index (χ1v) is 12.3. The van der Waals surface area contributed by atoms with E-state index < -0.39 is 30.0 Å². The van der Waals surface area contributed by atoms with Crippen LogP contribution < -0.4 is 20.7 Å². The molecule has 36 heavy (non-hydrogen) atoms. The molecule has 0 spiro atoms. The monoisotopic (exact) mass is 489 g/mol. The van der Waals surface area contributed by atoms with Gasteiger partial charge >= 0.3 is 0 Å². The zero-order valence-corrected chi connectivity index (χ0v) is 21.2. The summed E-state index contributed by atoms with van der Waals surface area (Å²) in [5.74, 6) is -0.611. The van der Waals surface area contributed by atoms with E-state index in [1.807, 2.05) is 70.2 Å². The lowest BCUT2D eigenvalue weighted by Gasteiger charge is -2.32. The Hall–Kier alpha value is -3.87. The second-order valence-electron chi connectivity index (χ2n) is 9.66. The Kier molecular flexibility index (Phi) is 9.45. The molecular formula is C29H35N3O4. The van der Waals surface area contributed by atoms with Gasteiger partial charge < -0.3 is 20.7 Å². The van der Waals surface area contributed by atoms with Gasteiger partial charge in [0.2, 0.25) is 17.7 Å². The molecule has 0 saturated heterocycles. The van der Waals surface area contributed by atoms with Crippen LogP contribution in [0.5, 0.6) is 5.75 Å². The van der Waals surface area contributed by atoms with E-state index in [1.165, 1.54) is 6.08 Å². The molecule has 3 unspecified atom stereocenters. The van der Waals surface area contributed by atoms with Crippen LogP contribution in [0.4, 0.5) is 0 Å². The summed E-state index contributed by atoms with van der Waals surface area (Å²) in [7, 11) is 0. The van der Waals surface area contributed by atoms with Crippen molar-refractivity contribution in [2.45, 2.75) is 52.3 Å². The van der Waals surface area contributed by atoms with Crippen molar-refractivity contribution in [2.24, 2.45) is 11.8 Å². The van der Waals surface area contributed by atoms with Gasteiger partial charge in [0.1, 0.15) is 23.9 Å². The van der Waals surface area contributed by atoms with Crippen LogP contribution in [0, 0.1) is 11.8 Å². The summed E-state index contributed by atoms with van der Waals surface area (Å²) < 4.78 is 6.24. The molecular weight excluding hydrogens is 454 g/mol. The Morgan fingerprint density at radius 1 is 1.00 bits per heavy atom. The van der Waals surface area contributed by atoms with Crippen molar-refractivity contribution in [1.82, 2.24) is 16.0 Å². The fourth-order valence-corrected chi connectivity index (χ4v) is 3.92. The lowest BCUT2D eigenvalue weighted by atomic mass is 9.96. The van der Waals surface area contributed by atoms with Crippen LogP contribution in [-0.2, 0) is 14.4 Å². The Morgan fingerprint density at radius 3 is 2.33 bits per heavy atom. The van der Waals surface area contributed by atoms with Crippen molar-refractivity contribution >= 4 is 29.9 Å². The smallest absolute Gasteiger partial charge is 0.247 e. The molecule has 0 radical (unpaired) electrons. The maximum Gasteiger partial charge on any atom is 0.247 e. The fraction of sp³-hybridized carbons (Fsp3) is 0.345. The first kappa shape index (κ1) is 26.7. The Balaban J connectivity index is 1.94. The van der Waals surface area contributed by atoms with Gasteiger partial charge in [-0.1, -0.05) is 70.2 Å². The SMILES string of the molecule is CC(C)CC1NC(=O)C(NC(=O)/C=C/c2ccccc2)C(C(C)C)Oc2ccc(cc2)/C=C/NC1=O. The summed E-state index contributed by atoms with van der Waals surface area (Å²) in [6.07, 6.45) is 6.19. The van der Waals surface area contributed by atoms with E-state index in [4.69, 9.17) is 4.74 Å². The zero-order chi connectivity index (χ0) is 26.1. The van der Waals surface area contributed by atoms with Crippen LogP contribution in [0.1, 0.15) is 45.2 Å². The third-order valence-electron chi connectivity index (χ3n) is 5.79. The second kappa shape index (κ2) is 12.7. The average Bonchev–Trinajstić information content (AvgIpc) is 2.85. The van der Waals surface area contributed by atoms with Crippen LogP contribution in [0.3, 0.4) is 0 Å². The number of benzene rings is 2. The molecule has 3 atom stereocenters. The Labute approximate surface area is 213 Å². The molecule has 4 rings (SSSR count). The van der Waals surface area contributed by atoms with Gasteiger partial charge in [0.25, 0.3) is 0 Å². The fourth-order valence-electron chi connectivity index (χ4n) is 3.92. The predicted molar refractivity (Wildman–Crippen MR) is 142 cm³/mol. The van der Waals surface area contributed by atoms with E-state index in [9.17, 15) is 14.4 Å². The molecule has 0 fully saturated rings. The highest BCUT2D eigenvalue weighted by molar-refractivity contribution is 5.97. The topological polar surface area (TPSA) is 96.5 Å². The van der Waals surface area contributed by atoms with Crippen molar-refractivity contribution in [3.05, 3.63) is 78.0 Å². The van der Waals surface area contributed by atoms with Gasteiger partial charge in [0, 0.05) is 12.3 Å². The lowest BCUT2D eigenvalue weighted by Crippen LogP contribution is -2.59. The number of fused-ring (bicyclic) bond motifs is 10. The number of nitrogens with one attached hydrogen (secondary N) is 3. The molecule has 2 aliphatic rings. The number of hydrogen-bond acceptors (Lipinski definition) is 4. The minimum atomic E-state index is -1.03. The average molecular weight is 490 g/mol. The van der Waals surface area contributed by atoms with Crippen LogP contribution in [0.2, 0.25) is 0 Å². The van der Waals surface area contributed by atoms with E-state index >= 15 is 0 Å². The maximum absolute atomic E-state index is 13.6. The minimum absolute atomic E-state index is 0.121. The largest absolute Gasteiger partial charge is 0.487 e. The van der Waals surface area contributed by atoms with Crippen molar-refractivity contribution < 1.29 is 19.1 Å². The third-order valence-corrected chi connectivity index (χ3v) is 5.79. The normalized spacial score (nSPS) is 21.6. The van der Waals surface area contributed by atoms with Gasteiger partial charge in [-0.2, -0.15) is 0 Å². The number of rotatable bonds is 6. The standard InChI is InChI=1S/C29H35N3O4/c1-19(2)18-24-28(34)30-17-16-22-10-13-23(14-11-22)36-27(20(3)4)26(29(35)31-24)32-25(33)15-12-21-8-6-5-7-9-21/h5-17,19-20,24,26-27H,18H2,1-4H3,(H,30,34)(H,31,35)(H,32,33)/b15-12+,17-16+. The van der Waals surface area contributed by atoms with Gasteiger partial charge in [-0.05, 0) is 53.7 Å². The summed E-state index contributed by atoms with van der Waals surface area (Å²) >= 11 is 0. The van der Waals surface area contributed by atoms with E-state index in [0.717, 1.165) is 11.1 Å². The highest BCUT2D eigenvalue weighted by Crippen LogP contribution is 2.21. The highest BCUT2D eigenvalue weighted by atomic mass is 16.5. The molecule has 2 aromatic rings. The molecule has 2 bridgehead atoms. The molecule has 190 valence electrons. The molecule has 2 heterocycles. The minimum Gasteiger partial charge on any atom is -0.487 e. The van der Waals surface area contributed by atoms with Gasteiger partial charge in [-0.15, -0.1) is 0 Å². The molecule has 7 nitrogen and oxygen atoms in total. The summed E-state index contributed by atoms with van der Waals surface area (Å²) in [5.41, 5.74) is 1.75. The van der Waals surface area contributed by atoms with Crippen molar-refractivity contribution in [2.75, 3.05) is 0 Å². The first-order valence-electron chi connectivity index (χ1n) is 12.3. The molecule has 3 amide bonds. The van der Waals surface area contributed by atoms with Crippen LogP contribution >= 0.6 is 0 Å². The van der Waals surface area contributed by atoms with E-state index in [1.54, 1.807) is 30.5 Å². The summed E-state index contributed by atoms with van der Waals surface area (Å²) in [5, 5.41) is 8.44. The molecule has 0 saturated carbocycles. The highest BCUT2D eigenvalue weighted by Gasteiger charge is 2.36. The molecule has 0 aliphatic carbocycles. The molecule has 2 aliphatic heterocycles. The van der Waals surface area contributed by atoms with Crippen LogP contribution in [-0.4, -0.2) is 35.9 Å². The predicted octanol–water partition coefficient (Wildman–Crippen LogP) is 3.92. The van der Waals surface area contributed by atoms with Gasteiger partial charge in [-0.25, -0.2) is 0 Å².